The topological polar surface area (TPSA) is 305 Å². The van der Waals surface area contributed by atoms with Crippen molar-refractivity contribution in [2.24, 2.45) is 10.8 Å². The van der Waals surface area contributed by atoms with Crippen LogP contribution in [0.5, 0.6) is 0 Å². The molecule has 4 aromatic carbocycles. The molecule has 5 aliphatic heterocycles. The van der Waals surface area contributed by atoms with Crippen LogP contribution in [0.3, 0.4) is 0 Å². The third-order valence-electron chi connectivity index (χ3n) is 24.3. The van der Waals surface area contributed by atoms with Crippen molar-refractivity contribution >= 4 is 277 Å². The SMILES string of the molecule is COC(=O)c1sc(C#CC(C)(C)C)cc1N(C(=O)c1ccc(Cl)cc1Cl)C1CCN(C)CC1.COC(=O)c1sc(I)cc1N(C(=O)c1ccc(Cl)cc1Cl)C1CCN(C)CC1.COC(=O)c1sccc1N.COC(=O)c1sccc1N(C(=O)c1ccc(Cl)cc1Cl)C1CCN(C)CC1.COC(=O)c1sccc1NC1CCN(C)CC1.C[NH+]1CCC(N(C(=O)c2ccc(Cl)cc2Cl)c2cc(C#CC(C)(C)C)sc2C(=O)O)CC1.[Cl-]. The largest absolute Gasteiger partial charge is 1.00 e. The molecular formula is C105H119Cl9IN11O16S6. The number of thiophene rings is 6. The van der Waals surface area contributed by atoms with Gasteiger partial charge in [-0.15, -0.1) is 68.0 Å². The first kappa shape index (κ1) is 123. The fourth-order valence-electron chi connectivity index (χ4n) is 16.4. The van der Waals surface area contributed by atoms with Crippen LogP contribution in [0.2, 0.25) is 40.2 Å². The molecule has 0 spiro atoms. The Kier molecular flexibility index (Phi) is 47.9. The maximum Gasteiger partial charge on any atom is 0.350 e. The van der Waals surface area contributed by atoms with Gasteiger partial charge in [0.15, 0.2) is 0 Å². The van der Waals surface area contributed by atoms with E-state index < -0.39 is 23.9 Å². The number of halogens is 10. The van der Waals surface area contributed by atoms with E-state index in [9.17, 15) is 53.1 Å². The molecule has 43 heteroatoms. The Bertz CT molecular complexity index is 6460. The number of anilines is 6. The average molecular weight is 2430 g/mol. The molecule has 4 amide bonds. The first-order valence-electron chi connectivity index (χ1n) is 46.9. The summed E-state index contributed by atoms with van der Waals surface area (Å²) in [6.45, 7) is 21.2. The highest BCUT2D eigenvalue weighted by Gasteiger charge is 2.41. The molecule has 11 heterocycles. The summed E-state index contributed by atoms with van der Waals surface area (Å²) in [4.78, 5) is 147. The third-order valence-corrected chi connectivity index (χ3v) is 33.0. The summed E-state index contributed by atoms with van der Waals surface area (Å²) in [5.74, 6) is 8.41. The van der Waals surface area contributed by atoms with Crippen LogP contribution in [0.15, 0.2) is 125 Å². The summed E-state index contributed by atoms with van der Waals surface area (Å²) >= 11 is 59.2. The Morgan fingerprint density at radius 1 is 0.399 bits per heavy atom. The van der Waals surface area contributed by atoms with Crippen molar-refractivity contribution in [1.29, 1.82) is 0 Å². The number of likely N-dealkylation sites (tertiary alicyclic amines) is 5. The molecule has 0 aliphatic carbocycles. The van der Waals surface area contributed by atoms with Crippen LogP contribution in [-0.4, -0.2) is 251 Å². The molecule has 10 aromatic rings. The Morgan fingerprint density at radius 3 is 1.05 bits per heavy atom. The summed E-state index contributed by atoms with van der Waals surface area (Å²) in [7, 11) is 17.2. The summed E-state index contributed by atoms with van der Waals surface area (Å²) in [6.07, 6.45) is 8.54. The molecule has 6 aromatic heterocycles. The molecule has 0 bridgehead atoms. The second-order valence-electron chi connectivity index (χ2n) is 37.4. The quantitative estimate of drug-likeness (QED) is 0.0238. The van der Waals surface area contributed by atoms with Gasteiger partial charge in [-0.25, -0.2) is 28.8 Å². The molecule has 148 heavy (non-hydrogen) atoms. The van der Waals surface area contributed by atoms with Gasteiger partial charge in [0.1, 0.15) is 29.3 Å². The lowest BCUT2D eigenvalue weighted by atomic mass is 9.98. The van der Waals surface area contributed by atoms with Crippen LogP contribution in [0, 0.1) is 37.4 Å². The molecule has 0 unspecified atom stereocenters. The number of carbonyl (C=O) groups excluding carboxylic acids is 9. The molecule has 27 nitrogen and oxygen atoms in total. The van der Waals surface area contributed by atoms with E-state index in [4.69, 9.17) is 117 Å². The van der Waals surface area contributed by atoms with Gasteiger partial charge >= 0.3 is 35.8 Å². The smallest absolute Gasteiger partial charge is 0.350 e. The predicted octanol–water partition coefficient (Wildman–Crippen LogP) is 20.4. The number of carboxylic acid groups (broad SMARTS) is 1. The number of ether oxygens (including phenoxy) is 5. The Balaban J connectivity index is 0.000000202. The van der Waals surface area contributed by atoms with Gasteiger partial charge in [0.25, 0.3) is 23.6 Å². The number of benzene rings is 4. The number of quaternary nitrogens is 1. The Morgan fingerprint density at radius 2 is 0.696 bits per heavy atom. The number of nitrogens with one attached hydrogen (secondary N) is 2. The number of carboxylic acids is 1. The number of nitrogens with zero attached hydrogens (tertiary/aromatic N) is 8. The third kappa shape index (κ3) is 34.3. The van der Waals surface area contributed by atoms with Gasteiger partial charge in [-0.05, 0) is 321 Å². The fourth-order valence-corrected chi connectivity index (χ4v) is 24.2. The molecule has 5 N–H and O–H groups in total. The second-order valence-corrected chi connectivity index (χ2v) is 48.6. The standard InChI is InChI=1S/C25H28Cl2N2O3S.C24H26Cl2N2O3S.C19H19Cl2IN2O3S.C19H20Cl2N2O3S.C12H18N2O2S.C6H7NO2S.ClH/c1-25(2,3)11-8-18-15-21(22(33-18)24(31)32-5)29(17-9-12-28(4)13-10-17)23(30)19-7-6-16(26)14-20(19)27;1-24(2,3)10-7-17-14-20(21(32-17)23(30)31)28(16-8-11-27(4)12-9-16)22(29)18-6-5-15(25)13-19(18)26;1-23-7-5-12(6-8-23)24(15-10-16(22)28-17(15)19(26)27-2)18(25)13-4-3-11(20)9-14(13)21;1-22-8-5-13(6-9-22)23(16-7-10-27-17(16)19(25)26-2)18(24)14-4-3-12(20)11-15(14)21;1-14-6-3-9(4-7-14)13-10-5-8-17-11(10)12(15)16-2;1-9-6(8)5-4(7)2-3-10-5;/h6-7,14-15,17H,9-10,12-13H2,1-5H3;5-6,13-14,16H,8-9,11-12H2,1-4H3,(H,30,31);3-4,9-10,12H,5-8H2,1-2H3;3-4,7,10-11,13H,5-6,8-9H2,1-2H3;5,8-9,13H,3-4,6-7H2,1-2H3;2-3H,7H2,1H3;1H. The molecule has 0 radical (unpaired) electrons. The number of carbonyl (C=O) groups is 10. The van der Waals surface area contributed by atoms with Crippen molar-refractivity contribution < 1.29 is 94.0 Å². The van der Waals surface area contributed by atoms with Crippen LogP contribution >= 0.6 is 183 Å². The number of esters is 5. The fraction of sp³-hybridized carbons (Fsp3) is 0.410. The van der Waals surface area contributed by atoms with Crippen molar-refractivity contribution in [2.45, 2.75) is 136 Å². The van der Waals surface area contributed by atoms with Gasteiger partial charge in [0.2, 0.25) is 0 Å². The van der Waals surface area contributed by atoms with Crippen LogP contribution in [0.25, 0.3) is 0 Å². The molecule has 15 rings (SSSR count). The maximum atomic E-state index is 13.8. The lowest BCUT2D eigenvalue weighted by Gasteiger charge is -2.37. The lowest BCUT2D eigenvalue weighted by Crippen LogP contribution is -3.10. The minimum Gasteiger partial charge on any atom is -1.00 e. The zero-order chi connectivity index (χ0) is 108. The normalized spacial score (nSPS) is 15.8. The molecule has 796 valence electrons. The number of hydrogen-bond donors (Lipinski definition) is 4. The molecule has 5 fully saturated rings. The van der Waals surface area contributed by atoms with Crippen molar-refractivity contribution in [3.05, 3.63) is 230 Å². The summed E-state index contributed by atoms with van der Waals surface area (Å²) in [6, 6.07) is 30.2. The van der Waals surface area contributed by atoms with E-state index in [-0.39, 0.29) is 97.9 Å². The first-order chi connectivity index (χ1) is 69.6. The zero-order valence-electron chi connectivity index (χ0n) is 84.6. The highest BCUT2D eigenvalue weighted by atomic mass is 127. The van der Waals surface area contributed by atoms with Crippen molar-refractivity contribution in [3.8, 4) is 23.7 Å². The zero-order valence-corrected chi connectivity index (χ0v) is 98.5. The van der Waals surface area contributed by atoms with Gasteiger partial charge in [-0.1, -0.05) is 116 Å². The molecule has 0 saturated carbocycles. The van der Waals surface area contributed by atoms with Gasteiger partial charge in [-0.3, -0.25) is 19.2 Å². The molecule has 0 atom stereocenters. The number of aromatic carboxylic acids is 1. The highest BCUT2D eigenvalue weighted by Crippen LogP contribution is 2.43. The number of piperidine rings is 5. The predicted molar refractivity (Wildman–Crippen MR) is 608 cm³/mol. The number of amides is 4. The van der Waals surface area contributed by atoms with Crippen molar-refractivity contribution in [2.75, 3.05) is 167 Å². The number of rotatable bonds is 20. The van der Waals surface area contributed by atoms with Gasteiger partial charge < -0.3 is 96.3 Å². The Labute approximate surface area is 948 Å². The van der Waals surface area contributed by atoms with Crippen LogP contribution in [0.1, 0.15) is 215 Å². The maximum absolute atomic E-state index is 13.8. The molecule has 5 aliphatic rings. The highest BCUT2D eigenvalue weighted by molar-refractivity contribution is 14.1. The van der Waals surface area contributed by atoms with Gasteiger partial charge in [0, 0.05) is 74.0 Å². The minimum atomic E-state index is -1.08. The van der Waals surface area contributed by atoms with Gasteiger partial charge in [0.05, 0.1) is 145 Å². The second kappa shape index (κ2) is 57.5. The van der Waals surface area contributed by atoms with E-state index in [1.54, 1.807) is 115 Å². The van der Waals surface area contributed by atoms with E-state index in [2.05, 4.69) is 111 Å². The van der Waals surface area contributed by atoms with Crippen molar-refractivity contribution in [1.82, 2.24) is 19.6 Å². The summed E-state index contributed by atoms with van der Waals surface area (Å²) < 4.78 is 25.0. The van der Waals surface area contributed by atoms with Crippen molar-refractivity contribution in [3.63, 3.8) is 0 Å². The van der Waals surface area contributed by atoms with Gasteiger partial charge in [-0.2, -0.15) is 0 Å². The number of nitrogen functional groups attached to an aromatic ring is 1. The van der Waals surface area contributed by atoms with E-state index in [1.165, 1.54) is 103 Å². The van der Waals surface area contributed by atoms with Crippen LogP contribution in [-0.2, 0) is 23.7 Å². The van der Waals surface area contributed by atoms with E-state index in [1.807, 2.05) is 65.1 Å². The summed E-state index contributed by atoms with van der Waals surface area (Å²) in [5, 5.41) is 21.7. The summed E-state index contributed by atoms with van der Waals surface area (Å²) in [5.41, 5.74) is 9.79. The molecular weight excluding hydrogens is 2310 g/mol. The van der Waals surface area contributed by atoms with E-state index >= 15 is 0 Å². The van der Waals surface area contributed by atoms with Crippen LogP contribution < -0.4 is 48.0 Å². The van der Waals surface area contributed by atoms with E-state index in [0.29, 0.717) is 121 Å². The Hall–Kier alpha value is -8.36. The van der Waals surface area contributed by atoms with Crippen LogP contribution in [0.4, 0.5) is 34.1 Å². The van der Waals surface area contributed by atoms with E-state index in [0.717, 1.165) is 150 Å². The average Bonchev–Trinajstić information content (AvgIpc) is 1.56. The minimum absolute atomic E-state index is 0. The molecule has 5 saturated heterocycles. The lowest BCUT2D eigenvalue weighted by molar-refractivity contribution is -0.884. The first-order valence-corrected chi connectivity index (χ1v) is 56.1. The number of methoxy groups -OCH3 is 5. The number of hydrogen-bond acceptors (Lipinski definition) is 27. The number of nitrogens with two attached hydrogens (primary N) is 1. The monoisotopic (exact) mass is 2420 g/mol.